The Hall–Kier alpha value is -3.42. The summed E-state index contributed by atoms with van der Waals surface area (Å²) >= 11 is 0. The second kappa shape index (κ2) is 7.44. The number of amides is 1. The molecular formula is C22H18F3N3O2. The average molecular weight is 413 g/mol. The van der Waals surface area contributed by atoms with Gasteiger partial charge in [0, 0.05) is 18.0 Å². The van der Waals surface area contributed by atoms with Gasteiger partial charge in [-0.2, -0.15) is 13.2 Å². The molecular weight excluding hydrogens is 395 g/mol. The average Bonchev–Trinajstić information content (AvgIpc) is 2.69. The van der Waals surface area contributed by atoms with E-state index in [1.54, 1.807) is 31.5 Å². The van der Waals surface area contributed by atoms with Crippen LogP contribution in [-0.4, -0.2) is 21.0 Å². The smallest absolute Gasteiger partial charge is 0.410 e. The quantitative estimate of drug-likeness (QED) is 0.585. The van der Waals surface area contributed by atoms with Crippen LogP contribution >= 0.6 is 0 Å². The van der Waals surface area contributed by atoms with E-state index >= 15 is 0 Å². The molecule has 5 nitrogen and oxygen atoms in total. The summed E-state index contributed by atoms with van der Waals surface area (Å²) in [7, 11) is 0. The molecule has 0 saturated carbocycles. The fraction of sp³-hybridized carbons (Fsp3) is 0.227. The fourth-order valence-corrected chi connectivity index (χ4v) is 3.35. The fourth-order valence-electron chi connectivity index (χ4n) is 3.35. The van der Waals surface area contributed by atoms with Crippen molar-refractivity contribution in [2.75, 3.05) is 0 Å². The number of aromatic nitrogens is 2. The molecule has 3 aromatic rings. The molecule has 1 aromatic heterocycles. The molecule has 0 fully saturated rings. The molecule has 2 aromatic carbocycles. The molecule has 1 amide bonds. The molecule has 0 N–H and O–H groups in total. The number of aryl methyl sites for hydroxylation is 2. The third-order valence-electron chi connectivity index (χ3n) is 4.91. The summed E-state index contributed by atoms with van der Waals surface area (Å²) in [5.74, 6) is 0.935. The number of nitrogens with zero attached hydrogens (tertiary/aromatic N) is 3. The van der Waals surface area contributed by atoms with Crippen LogP contribution in [0, 0.1) is 13.8 Å². The largest absolute Gasteiger partial charge is 0.416 e. The number of ether oxygens (including phenoxy) is 1. The maximum atomic E-state index is 12.9. The van der Waals surface area contributed by atoms with Crippen molar-refractivity contribution >= 4 is 6.09 Å². The molecule has 2 heterocycles. The van der Waals surface area contributed by atoms with Crippen LogP contribution in [0.1, 0.15) is 28.1 Å². The molecule has 0 aliphatic carbocycles. The highest BCUT2D eigenvalue weighted by Gasteiger charge is 2.31. The van der Waals surface area contributed by atoms with Crippen LogP contribution in [-0.2, 0) is 19.3 Å². The van der Waals surface area contributed by atoms with E-state index in [1.165, 1.54) is 11.0 Å². The summed E-state index contributed by atoms with van der Waals surface area (Å²) in [5, 5.41) is 0. The van der Waals surface area contributed by atoms with Crippen LogP contribution in [0.5, 0.6) is 5.75 Å². The topological polar surface area (TPSA) is 55.3 Å². The Morgan fingerprint density at radius 3 is 2.47 bits per heavy atom. The number of fused-ring (bicyclic) bond motifs is 1. The Bertz CT molecular complexity index is 1110. The summed E-state index contributed by atoms with van der Waals surface area (Å²) in [5.41, 5.74) is 2.96. The summed E-state index contributed by atoms with van der Waals surface area (Å²) < 4.78 is 44.2. The van der Waals surface area contributed by atoms with Gasteiger partial charge in [0.15, 0.2) is 0 Å². The van der Waals surface area contributed by atoms with Gasteiger partial charge in [-0.3, -0.25) is 4.90 Å². The van der Waals surface area contributed by atoms with E-state index in [2.05, 4.69) is 9.97 Å². The van der Waals surface area contributed by atoms with Crippen LogP contribution in [0.25, 0.3) is 11.1 Å². The third kappa shape index (κ3) is 3.98. The molecule has 154 valence electrons. The van der Waals surface area contributed by atoms with Crippen LogP contribution in [0.15, 0.2) is 48.8 Å². The molecule has 0 radical (unpaired) electrons. The summed E-state index contributed by atoms with van der Waals surface area (Å²) in [4.78, 5) is 22.2. The minimum atomic E-state index is -4.38. The Balaban J connectivity index is 1.61. The van der Waals surface area contributed by atoms with Gasteiger partial charge in [-0.05, 0) is 60.4 Å². The molecule has 1 aliphatic heterocycles. The molecule has 8 heteroatoms. The van der Waals surface area contributed by atoms with Gasteiger partial charge >= 0.3 is 12.3 Å². The van der Waals surface area contributed by atoms with Crippen molar-refractivity contribution in [3.63, 3.8) is 0 Å². The SMILES string of the molecule is Cc1cnc(CN2Cc3cc(-c4ccc(C(F)(F)F)cc4C)ccc3OC2=O)nc1. The van der Waals surface area contributed by atoms with Crippen molar-refractivity contribution in [3.05, 3.63) is 76.9 Å². The second-order valence-corrected chi connectivity index (χ2v) is 7.25. The molecule has 0 saturated heterocycles. The molecule has 4 rings (SSSR count). The number of carbonyl (C=O) groups excluding carboxylic acids is 1. The van der Waals surface area contributed by atoms with Crippen LogP contribution in [0.3, 0.4) is 0 Å². The van der Waals surface area contributed by atoms with E-state index in [0.29, 0.717) is 29.2 Å². The van der Waals surface area contributed by atoms with Crippen LogP contribution < -0.4 is 4.74 Å². The first-order valence-electron chi connectivity index (χ1n) is 9.26. The monoisotopic (exact) mass is 413 g/mol. The van der Waals surface area contributed by atoms with E-state index in [0.717, 1.165) is 28.8 Å². The Morgan fingerprint density at radius 1 is 1.07 bits per heavy atom. The van der Waals surface area contributed by atoms with Gasteiger partial charge in [0.2, 0.25) is 0 Å². The van der Waals surface area contributed by atoms with Gasteiger partial charge in [-0.15, -0.1) is 0 Å². The predicted molar refractivity (Wildman–Crippen MR) is 104 cm³/mol. The van der Waals surface area contributed by atoms with Crippen LogP contribution in [0.4, 0.5) is 18.0 Å². The highest BCUT2D eigenvalue weighted by molar-refractivity contribution is 5.76. The van der Waals surface area contributed by atoms with E-state index in [1.807, 2.05) is 13.0 Å². The maximum Gasteiger partial charge on any atom is 0.416 e. The summed E-state index contributed by atoms with van der Waals surface area (Å²) in [6.07, 6.45) is -1.52. The minimum absolute atomic E-state index is 0.197. The van der Waals surface area contributed by atoms with Crippen molar-refractivity contribution < 1.29 is 22.7 Å². The number of hydrogen-bond acceptors (Lipinski definition) is 4. The molecule has 0 bridgehead atoms. The Morgan fingerprint density at radius 2 is 1.80 bits per heavy atom. The summed E-state index contributed by atoms with van der Waals surface area (Å²) in [6.45, 7) is 4.01. The number of alkyl halides is 3. The zero-order chi connectivity index (χ0) is 21.5. The Labute approximate surface area is 171 Å². The predicted octanol–water partition coefficient (Wildman–Crippen LogP) is 5.29. The van der Waals surface area contributed by atoms with E-state index in [-0.39, 0.29) is 6.54 Å². The lowest BCUT2D eigenvalue weighted by Gasteiger charge is -2.28. The van der Waals surface area contributed by atoms with Crippen molar-refractivity contribution in [2.45, 2.75) is 33.1 Å². The normalized spacial score (nSPS) is 13.8. The van der Waals surface area contributed by atoms with Crippen molar-refractivity contribution in [3.8, 4) is 16.9 Å². The van der Waals surface area contributed by atoms with Gasteiger partial charge in [0.05, 0.1) is 18.7 Å². The number of carbonyl (C=O) groups is 1. The second-order valence-electron chi connectivity index (χ2n) is 7.25. The van der Waals surface area contributed by atoms with Gasteiger partial charge < -0.3 is 4.74 Å². The van der Waals surface area contributed by atoms with E-state index in [4.69, 9.17) is 4.74 Å². The molecule has 1 aliphatic rings. The van der Waals surface area contributed by atoms with Gasteiger partial charge in [0.25, 0.3) is 0 Å². The highest BCUT2D eigenvalue weighted by atomic mass is 19.4. The molecule has 0 spiro atoms. The van der Waals surface area contributed by atoms with Crippen molar-refractivity contribution in [2.24, 2.45) is 0 Å². The minimum Gasteiger partial charge on any atom is -0.410 e. The van der Waals surface area contributed by atoms with Crippen LogP contribution in [0.2, 0.25) is 0 Å². The first kappa shape index (κ1) is 19.9. The lowest BCUT2D eigenvalue weighted by Crippen LogP contribution is -2.36. The number of benzene rings is 2. The molecule has 30 heavy (non-hydrogen) atoms. The standard InChI is InChI=1S/C22H18F3N3O2/c1-13-9-26-20(27-10-13)12-28-11-16-8-15(3-6-19(16)30-21(28)29)18-5-4-17(7-14(18)2)22(23,24)25/h3-10H,11-12H2,1-2H3. The maximum absolute atomic E-state index is 12.9. The highest BCUT2D eigenvalue weighted by Crippen LogP contribution is 2.35. The van der Waals surface area contributed by atoms with Crippen molar-refractivity contribution in [1.82, 2.24) is 14.9 Å². The number of hydrogen-bond donors (Lipinski definition) is 0. The number of halogens is 3. The third-order valence-corrected chi connectivity index (χ3v) is 4.91. The van der Waals surface area contributed by atoms with Gasteiger partial charge in [0.1, 0.15) is 11.6 Å². The van der Waals surface area contributed by atoms with Gasteiger partial charge in [-0.1, -0.05) is 12.1 Å². The van der Waals surface area contributed by atoms with Crippen molar-refractivity contribution in [1.29, 1.82) is 0 Å². The van der Waals surface area contributed by atoms with Gasteiger partial charge in [-0.25, -0.2) is 14.8 Å². The molecule has 0 unspecified atom stereocenters. The zero-order valence-electron chi connectivity index (χ0n) is 16.3. The zero-order valence-corrected chi connectivity index (χ0v) is 16.3. The number of rotatable bonds is 3. The summed E-state index contributed by atoms with van der Waals surface area (Å²) in [6, 6.07) is 8.91. The first-order valence-corrected chi connectivity index (χ1v) is 9.26. The lowest BCUT2D eigenvalue weighted by molar-refractivity contribution is -0.137. The lowest BCUT2D eigenvalue weighted by atomic mass is 9.96. The first-order chi connectivity index (χ1) is 14.2. The molecule has 0 atom stereocenters. The van der Waals surface area contributed by atoms with E-state index < -0.39 is 17.8 Å². The Kier molecular flexibility index (Phi) is 4.93. The van der Waals surface area contributed by atoms with E-state index in [9.17, 15) is 18.0 Å².